The Labute approximate surface area is 188 Å². The van der Waals surface area contributed by atoms with Crippen LogP contribution in [-0.2, 0) is 20.5 Å². The van der Waals surface area contributed by atoms with Gasteiger partial charge in [0.15, 0.2) is 0 Å². The van der Waals surface area contributed by atoms with Crippen molar-refractivity contribution < 1.29 is 14.7 Å². The highest BCUT2D eigenvalue weighted by molar-refractivity contribution is 5.94. The predicted molar refractivity (Wildman–Crippen MR) is 123 cm³/mol. The van der Waals surface area contributed by atoms with Crippen molar-refractivity contribution in [1.82, 2.24) is 24.6 Å². The molecule has 0 saturated carbocycles. The van der Waals surface area contributed by atoms with Crippen molar-refractivity contribution in [2.24, 2.45) is 14.1 Å². The second kappa shape index (κ2) is 9.30. The zero-order valence-electron chi connectivity index (χ0n) is 19.2. The first-order valence-corrected chi connectivity index (χ1v) is 10.6. The molecule has 1 atom stereocenters. The van der Waals surface area contributed by atoms with Crippen LogP contribution in [0.3, 0.4) is 0 Å². The molecule has 2 aromatic heterocycles. The normalized spacial score (nSPS) is 12.4. The largest absolute Gasteiger partial charge is 0.465 e. The Morgan fingerprint density at radius 2 is 1.75 bits per heavy atom. The molecule has 1 unspecified atom stereocenters. The summed E-state index contributed by atoms with van der Waals surface area (Å²) in [6.45, 7) is 5.72. The van der Waals surface area contributed by atoms with E-state index in [1.54, 1.807) is 16.9 Å². The van der Waals surface area contributed by atoms with Gasteiger partial charge >= 0.3 is 6.09 Å². The highest BCUT2D eigenvalue weighted by Crippen LogP contribution is 2.21. The third-order valence-electron chi connectivity index (χ3n) is 5.54. The van der Waals surface area contributed by atoms with E-state index in [2.05, 4.69) is 10.4 Å². The fourth-order valence-electron chi connectivity index (χ4n) is 3.80. The zero-order chi connectivity index (χ0) is 23.5. The molecular weight excluding hydrogens is 406 g/mol. The van der Waals surface area contributed by atoms with E-state index < -0.39 is 17.7 Å². The maximum Gasteiger partial charge on any atom is 0.407 e. The number of aromatic nitrogens is 3. The van der Waals surface area contributed by atoms with Crippen LogP contribution in [0.15, 0.2) is 54.7 Å². The van der Waals surface area contributed by atoms with Gasteiger partial charge in [-0.25, -0.2) is 4.79 Å². The number of carboxylic acid groups (broad SMARTS) is 1. The highest BCUT2D eigenvalue weighted by atomic mass is 16.4. The van der Waals surface area contributed by atoms with E-state index in [9.17, 15) is 14.7 Å². The number of amides is 2. The van der Waals surface area contributed by atoms with Crippen molar-refractivity contribution in [2.45, 2.75) is 38.8 Å². The van der Waals surface area contributed by atoms with Crippen molar-refractivity contribution in [3.05, 3.63) is 66.0 Å². The Morgan fingerprint density at radius 1 is 1.06 bits per heavy atom. The van der Waals surface area contributed by atoms with Crippen molar-refractivity contribution in [2.75, 3.05) is 6.54 Å². The predicted octanol–water partition coefficient (Wildman–Crippen LogP) is 3.55. The summed E-state index contributed by atoms with van der Waals surface area (Å²) >= 11 is 0. The Morgan fingerprint density at radius 3 is 2.31 bits per heavy atom. The monoisotopic (exact) mass is 437 g/mol. The van der Waals surface area contributed by atoms with Crippen LogP contribution in [0.4, 0.5) is 4.79 Å². The molecule has 0 aliphatic rings. The van der Waals surface area contributed by atoms with Crippen molar-refractivity contribution >= 4 is 12.0 Å². The quantitative estimate of drug-likeness (QED) is 0.591. The Balaban J connectivity index is 1.85. The van der Waals surface area contributed by atoms with Crippen LogP contribution in [0.2, 0.25) is 0 Å². The SMILES string of the molecule is Cn1nccc1-c1ccc(C(=O)NC(Cc2ccccc2)CN(C(=O)O)C(C)(C)C)n1C. The van der Waals surface area contributed by atoms with E-state index in [4.69, 9.17) is 0 Å². The molecule has 0 aliphatic carbocycles. The average molecular weight is 438 g/mol. The van der Waals surface area contributed by atoms with Crippen molar-refractivity contribution in [3.63, 3.8) is 0 Å². The van der Waals surface area contributed by atoms with Gasteiger partial charge in [-0.05, 0) is 51.0 Å². The van der Waals surface area contributed by atoms with Crippen LogP contribution in [0.5, 0.6) is 0 Å². The molecular formula is C24H31N5O3. The maximum absolute atomic E-state index is 13.2. The lowest BCUT2D eigenvalue weighted by atomic mass is 10.0. The fraction of sp³-hybridized carbons (Fsp3) is 0.375. The van der Waals surface area contributed by atoms with E-state index in [1.807, 2.05) is 81.9 Å². The molecule has 32 heavy (non-hydrogen) atoms. The third kappa shape index (κ3) is 5.19. The van der Waals surface area contributed by atoms with E-state index in [1.165, 1.54) is 4.90 Å². The number of benzene rings is 1. The molecule has 0 saturated heterocycles. The molecule has 170 valence electrons. The summed E-state index contributed by atoms with van der Waals surface area (Å²) in [7, 11) is 3.69. The minimum Gasteiger partial charge on any atom is -0.465 e. The van der Waals surface area contributed by atoms with Crippen LogP contribution >= 0.6 is 0 Å². The van der Waals surface area contributed by atoms with Gasteiger partial charge in [-0.3, -0.25) is 9.48 Å². The molecule has 0 fully saturated rings. The number of aryl methyl sites for hydroxylation is 1. The Kier molecular flexibility index (Phi) is 6.72. The smallest absolute Gasteiger partial charge is 0.407 e. The molecule has 2 heterocycles. The van der Waals surface area contributed by atoms with E-state index in [0.717, 1.165) is 17.0 Å². The molecule has 3 rings (SSSR count). The number of hydrogen-bond donors (Lipinski definition) is 2. The molecule has 0 aliphatic heterocycles. The number of carbonyl (C=O) groups excluding carboxylic acids is 1. The summed E-state index contributed by atoms with van der Waals surface area (Å²) in [6, 6.07) is 14.9. The second-order valence-corrected chi connectivity index (χ2v) is 8.93. The summed E-state index contributed by atoms with van der Waals surface area (Å²) in [6.07, 6.45) is 1.22. The van der Waals surface area contributed by atoms with E-state index in [0.29, 0.717) is 12.1 Å². The van der Waals surface area contributed by atoms with Gasteiger partial charge < -0.3 is 19.9 Å². The molecule has 1 aromatic carbocycles. The topological polar surface area (TPSA) is 92.4 Å². The van der Waals surface area contributed by atoms with Gasteiger partial charge in [0.05, 0.1) is 17.4 Å². The van der Waals surface area contributed by atoms with Gasteiger partial charge in [0.2, 0.25) is 0 Å². The standard InChI is InChI=1S/C24H31N5O3/c1-24(2,3)29(23(31)32)16-18(15-17-9-7-6-8-10-17)26-22(30)21-12-11-19(27(21)4)20-13-14-25-28(20)5/h6-14,18H,15-16H2,1-5H3,(H,26,30)(H,31,32). The van der Waals surface area contributed by atoms with Gasteiger partial charge in [0, 0.05) is 32.4 Å². The van der Waals surface area contributed by atoms with Gasteiger partial charge in [-0.15, -0.1) is 0 Å². The fourth-order valence-corrected chi connectivity index (χ4v) is 3.80. The molecule has 3 aromatic rings. The third-order valence-corrected chi connectivity index (χ3v) is 5.54. The summed E-state index contributed by atoms with van der Waals surface area (Å²) in [5, 5.41) is 17.0. The minimum absolute atomic E-state index is 0.179. The first-order valence-electron chi connectivity index (χ1n) is 10.6. The molecule has 2 amide bonds. The summed E-state index contributed by atoms with van der Waals surface area (Å²) in [5.74, 6) is -0.249. The van der Waals surface area contributed by atoms with Crippen LogP contribution in [0, 0.1) is 0 Å². The molecule has 0 radical (unpaired) electrons. The van der Waals surface area contributed by atoms with Crippen LogP contribution < -0.4 is 5.32 Å². The summed E-state index contributed by atoms with van der Waals surface area (Å²) < 4.78 is 3.58. The second-order valence-electron chi connectivity index (χ2n) is 8.93. The lowest BCUT2D eigenvalue weighted by Gasteiger charge is -2.36. The lowest BCUT2D eigenvalue weighted by molar-refractivity contribution is 0.0817. The van der Waals surface area contributed by atoms with Gasteiger partial charge in [-0.2, -0.15) is 5.10 Å². The van der Waals surface area contributed by atoms with Crippen molar-refractivity contribution in [3.8, 4) is 11.4 Å². The molecule has 0 bridgehead atoms. The molecule has 2 N–H and O–H groups in total. The summed E-state index contributed by atoms with van der Waals surface area (Å²) in [5.41, 5.74) is 2.70. The molecule has 8 heteroatoms. The zero-order valence-corrected chi connectivity index (χ0v) is 19.2. The number of hydrogen-bond acceptors (Lipinski definition) is 3. The van der Waals surface area contributed by atoms with E-state index in [-0.39, 0.29) is 12.5 Å². The maximum atomic E-state index is 13.2. The number of rotatable bonds is 7. The molecule has 0 spiro atoms. The number of nitrogens with zero attached hydrogens (tertiary/aromatic N) is 4. The number of carbonyl (C=O) groups is 2. The van der Waals surface area contributed by atoms with Gasteiger partial charge in [0.1, 0.15) is 5.69 Å². The number of nitrogens with one attached hydrogen (secondary N) is 1. The minimum atomic E-state index is -1.01. The van der Waals surface area contributed by atoms with Crippen molar-refractivity contribution in [1.29, 1.82) is 0 Å². The van der Waals surface area contributed by atoms with Gasteiger partial charge in [0.25, 0.3) is 5.91 Å². The lowest BCUT2D eigenvalue weighted by Crippen LogP contribution is -2.53. The first-order chi connectivity index (χ1) is 15.1. The van der Waals surface area contributed by atoms with Gasteiger partial charge in [-0.1, -0.05) is 30.3 Å². The first kappa shape index (κ1) is 23.1. The van der Waals surface area contributed by atoms with Crippen LogP contribution in [0.25, 0.3) is 11.4 Å². The van der Waals surface area contributed by atoms with Crippen LogP contribution in [0.1, 0.15) is 36.8 Å². The average Bonchev–Trinajstić information content (AvgIpc) is 3.30. The highest BCUT2D eigenvalue weighted by Gasteiger charge is 2.30. The Bertz CT molecular complexity index is 1080. The van der Waals surface area contributed by atoms with Crippen LogP contribution in [-0.4, -0.2) is 54.5 Å². The molecule has 8 nitrogen and oxygen atoms in total. The van der Waals surface area contributed by atoms with E-state index >= 15 is 0 Å². The Hall–Kier alpha value is -3.55. The summed E-state index contributed by atoms with van der Waals surface area (Å²) in [4.78, 5) is 26.5.